The summed E-state index contributed by atoms with van der Waals surface area (Å²) in [7, 11) is 0. The molecule has 0 aliphatic carbocycles. The number of halogens is 1. The highest BCUT2D eigenvalue weighted by Crippen LogP contribution is 2.31. The lowest BCUT2D eigenvalue weighted by Gasteiger charge is -2.19. The van der Waals surface area contributed by atoms with Gasteiger partial charge in [-0.25, -0.2) is 0 Å². The van der Waals surface area contributed by atoms with Crippen LogP contribution in [0.4, 0.5) is 5.69 Å². The van der Waals surface area contributed by atoms with E-state index in [9.17, 15) is 9.59 Å². The fourth-order valence-corrected chi connectivity index (χ4v) is 4.91. The van der Waals surface area contributed by atoms with E-state index in [-0.39, 0.29) is 18.2 Å². The predicted octanol–water partition coefficient (Wildman–Crippen LogP) is 6.97. The predicted molar refractivity (Wildman–Crippen MR) is 146 cm³/mol. The Morgan fingerprint density at radius 1 is 0.833 bits per heavy atom. The van der Waals surface area contributed by atoms with Crippen molar-refractivity contribution in [1.82, 2.24) is 9.88 Å². The zero-order chi connectivity index (χ0) is 25.1. The van der Waals surface area contributed by atoms with E-state index in [0.717, 1.165) is 34.1 Å². The number of hydrogen-bond acceptors (Lipinski definition) is 2. The van der Waals surface area contributed by atoms with E-state index in [1.165, 1.54) is 5.52 Å². The van der Waals surface area contributed by atoms with Crippen LogP contribution in [-0.2, 0) is 11.3 Å². The maximum atomic E-state index is 13.1. The molecule has 2 N–H and O–H groups in total. The summed E-state index contributed by atoms with van der Waals surface area (Å²) >= 11 is 6.22. The molecule has 2 amide bonds. The summed E-state index contributed by atoms with van der Waals surface area (Å²) in [5, 5.41) is 8.62. The quantitative estimate of drug-likeness (QED) is 0.256. The lowest BCUT2D eigenvalue weighted by Crippen LogP contribution is -2.31. The van der Waals surface area contributed by atoms with Crippen molar-refractivity contribution in [2.45, 2.75) is 25.9 Å². The second-order valence-corrected chi connectivity index (χ2v) is 9.07. The van der Waals surface area contributed by atoms with Gasteiger partial charge in [0, 0.05) is 34.0 Å². The van der Waals surface area contributed by atoms with Crippen molar-refractivity contribution in [3.05, 3.63) is 113 Å². The zero-order valence-corrected chi connectivity index (χ0v) is 20.6. The normalized spacial score (nSPS) is 11.9. The summed E-state index contributed by atoms with van der Waals surface area (Å²) in [6.07, 6.45) is 0.0783. The third kappa shape index (κ3) is 4.70. The summed E-state index contributed by atoms with van der Waals surface area (Å²) in [5.74, 6) is -0.516. The Morgan fingerprint density at radius 3 is 2.31 bits per heavy atom. The van der Waals surface area contributed by atoms with Crippen LogP contribution < -0.4 is 10.6 Å². The van der Waals surface area contributed by atoms with Crippen molar-refractivity contribution in [2.75, 3.05) is 5.32 Å². The number of carbonyl (C=O) groups excluding carboxylic acids is 2. The van der Waals surface area contributed by atoms with Gasteiger partial charge in [0.05, 0.1) is 23.0 Å². The Bertz CT molecular complexity index is 1560. The maximum absolute atomic E-state index is 13.1. The molecule has 5 nitrogen and oxygen atoms in total. The van der Waals surface area contributed by atoms with Crippen molar-refractivity contribution in [2.24, 2.45) is 0 Å². The molecule has 1 heterocycles. The van der Waals surface area contributed by atoms with Crippen LogP contribution in [0.25, 0.3) is 21.8 Å². The topological polar surface area (TPSA) is 63.1 Å². The van der Waals surface area contributed by atoms with Gasteiger partial charge in [0.15, 0.2) is 0 Å². The van der Waals surface area contributed by atoms with Gasteiger partial charge in [0.25, 0.3) is 5.91 Å². The number of aromatic nitrogens is 1. The van der Waals surface area contributed by atoms with Crippen molar-refractivity contribution < 1.29 is 9.59 Å². The Hall–Kier alpha value is -4.09. The highest BCUT2D eigenvalue weighted by atomic mass is 35.5. The Kier molecular flexibility index (Phi) is 6.74. The van der Waals surface area contributed by atoms with E-state index in [0.29, 0.717) is 10.6 Å². The highest BCUT2D eigenvalue weighted by molar-refractivity contribution is 6.33. The molecule has 36 heavy (non-hydrogen) atoms. The van der Waals surface area contributed by atoms with Crippen molar-refractivity contribution in [1.29, 1.82) is 0 Å². The van der Waals surface area contributed by atoms with Crippen molar-refractivity contribution in [3.8, 4) is 0 Å². The molecule has 0 saturated carbocycles. The van der Waals surface area contributed by atoms with Crippen LogP contribution >= 0.6 is 11.6 Å². The monoisotopic (exact) mass is 495 g/mol. The van der Waals surface area contributed by atoms with Gasteiger partial charge in [0.2, 0.25) is 5.91 Å². The average Bonchev–Trinajstić information content (AvgIpc) is 3.22. The molecule has 5 rings (SSSR count). The first-order valence-electron chi connectivity index (χ1n) is 12.0. The number of rotatable bonds is 7. The van der Waals surface area contributed by atoms with E-state index in [4.69, 9.17) is 11.6 Å². The largest absolute Gasteiger partial charge is 0.345 e. The Balaban J connectivity index is 1.39. The van der Waals surface area contributed by atoms with Crippen molar-refractivity contribution >= 4 is 50.9 Å². The summed E-state index contributed by atoms with van der Waals surface area (Å²) in [5.41, 5.74) is 4.24. The van der Waals surface area contributed by atoms with Gasteiger partial charge in [-0.05, 0) is 48.9 Å². The molecule has 5 aromatic rings. The van der Waals surface area contributed by atoms with Crippen LogP contribution in [0.2, 0.25) is 5.02 Å². The molecule has 180 valence electrons. The van der Waals surface area contributed by atoms with Gasteiger partial charge in [-0.2, -0.15) is 0 Å². The number of benzene rings is 4. The zero-order valence-electron chi connectivity index (χ0n) is 19.9. The van der Waals surface area contributed by atoms with Crippen LogP contribution in [0.15, 0.2) is 97.1 Å². The van der Waals surface area contributed by atoms with Crippen LogP contribution in [0, 0.1) is 0 Å². The molecular weight excluding hydrogens is 470 g/mol. The van der Waals surface area contributed by atoms with Crippen LogP contribution in [-0.4, -0.2) is 16.4 Å². The number of para-hydroxylation sites is 1. The fraction of sp³-hybridized carbons (Fsp3) is 0.133. The molecule has 1 aromatic heterocycles. The molecule has 0 fully saturated rings. The number of fused-ring (bicyclic) bond motifs is 3. The van der Waals surface area contributed by atoms with Crippen LogP contribution in [0.1, 0.15) is 35.3 Å². The Labute approximate surface area is 214 Å². The van der Waals surface area contributed by atoms with E-state index in [1.54, 1.807) is 24.3 Å². The average molecular weight is 496 g/mol. The van der Waals surface area contributed by atoms with Gasteiger partial charge in [-0.3, -0.25) is 9.59 Å². The van der Waals surface area contributed by atoms with Gasteiger partial charge >= 0.3 is 0 Å². The second-order valence-electron chi connectivity index (χ2n) is 8.66. The van der Waals surface area contributed by atoms with E-state index < -0.39 is 6.04 Å². The number of nitrogens with one attached hydrogen (secondary N) is 2. The van der Waals surface area contributed by atoms with E-state index >= 15 is 0 Å². The molecule has 0 aliphatic heterocycles. The number of hydrogen-bond donors (Lipinski definition) is 2. The summed E-state index contributed by atoms with van der Waals surface area (Å²) in [4.78, 5) is 26.1. The second kappa shape index (κ2) is 10.3. The van der Waals surface area contributed by atoms with Gasteiger partial charge in [0.1, 0.15) is 0 Å². The van der Waals surface area contributed by atoms with E-state index in [1.807, 2.05) is 60.7 Å². The molecule has 1 atom stereocenters. The molecule has 0 unspecified atom stereocenters. The van der Waals surface area contributed by atoms with E-state index in [2.05, 4.69) is 34.3 Å². The molecule has 0 spiro atoms. The van der Waals surface area contributed by atoms with Crippen LogP contribution in [0.5, 0.6) is 0 Å². The summed E-state index contributed by atoms with van der Waals surface area (Å²) < 4.78 is 2.27. The fourth-order valence-electron chi connectivity index (χ4n) is 4.69. The third-order valence-electron chi connectivity index (χ3n) is 6.39. The molecular formula is C30H26ClN3O2. The summed E-state index contributed by atoms with van der Waals surface area (Å²) in [6.45, 7) is 2.99. The SMILES string of the molecule is CCn1c2ccccc2c2cc(NC(=O)C[C@@H](NC(=O)c3ccccc3Cl)c3ccccc3)ccc21. The van der Waals surface area contributed by atoms with Crippen molar-refractivity contribution in [3.63, 3.8) is 0 Å². The Morgan fingerprint density at radius 2 is 1.53 bits per heavy atom. The first-order valence-corrected chi connectivity index (χ1v) is 12.3. The number of nitrogens with zero attached hydrogens (tertiary/aromatic N) is 1. The number of amides is 2. The van der Waals surface area contributed by atoms with Gasteiger partial charge in [-0.15, -0.1) is 0 Å². The first-order chi connectivity index (χ1) is 17.5. The lowest BCUT2D eigenvalue weighted by molar-refractivity contribution is -0.116. The first kappa shape index (κ1) is 23.6. The molecule has 0 saturated heterocycles. The molecule has 0 radical (unpaired) electrons. The summed E-state index contributed by atoms with van der Waals surface area (Å²) in [6, 6.07) is 30.1. The van der Waals surface area contributed by atoms with Gasteiger partial charge < -0.3 is 15.2 Å². The number of anilines is 1. The maximum Gasteiger partial charge on any atom is 0.253 e. The third-order valence-corrected chi connectivity index (χ3v) is 6.72. The van der Waals surface area contributed by atoms with Crippen LogP contribution in [0.3, 0.4) is 0 Å². The minimum Gasteiger partial charge on any atom is -0.345 e. The standard InChI is InChI=1S/C30H26ClN3O2/c1-2-34-27-15-9-7-12-22(27)24-18-21(16-17-28(24)34)32-29(35)19-26(20-10-4-3-5-11-20)33-30(36)23-13-6-8-14-25(23)31/h3-18,26H,2,19H2,1H3,(H,32,35)(H,33,36)/t26-/m1/s1. The lowest BCUT2D eigenvalue weighted by atomic mass is 10.0. The number of carbonyl (C=O) groups is 2. The highest BCUT2D eigenvalue weighted by Gasteiger charge is 2.21. The minimum atomic E-state index is -0.513. The smallest absolute Gasteiger partial charge is 0.253 e. The molecule has 0 aliphatic rings. The minimum absolute atomic E-state index is 0.0783. The molecule has 0 bridgehead atoms. The molecule has 6 heteroatoms. The molecule has 4 aromatic carbocycles. The number of aryl methyl sites for hydroxylation is 1. The van der Waals surface area contributed by atoms with Gasteiger partial charge in [-0.1, -0.05) is 72.3 Å².